The van der Waals surface area contributed by atoms with Crippen LogP contribution in [0.25, 0.3) is 0 Å². The van der Waals surface area contributed by atoms with E-state index in [-0.39, 0.29) is 24.4 Å². The Labute approximate surface area is 164 Å². The van der Waals surface area contributed by atoms with Crippen LogP contribution in [0, 0.1) is 5.82 Å². The van der Waals surface area contributed by atoms with Gasteiger partial charge in [-0.3, -0.25) is 4.79 Å². The Hall–Kier alpha value is -1.80. The molecule has 1 amide bonds. The lowest BCUT2D eigenvalue weighted by Gasteiger charge is -2.16. The molecule has 1 aromatic carbocycles. The van der Waals surface area contributed by atoms with Crippen molar-refractivity contribution >= 4 is 23.6 Å². The van der Waals surface area contributed by atoms with Gasteiger partial charge in [0, 0.05) is 38.7 Å². The van der Waals surface area contributed by atoms with Crippen LogP contribution in [-0.2, 0) is 9.53 Å². The molecule has 2 rings (SSSR count). The van der Waals surface area contributed by atoms with Crippen LogP contribution < -0.4 is 10.6 Å². The van der Waals surface area contributed by atoms with Gasteiger partial charge in [-0.2, -0.15) is 0 Å². The predicted molar refractivity (Wildman–Crippen MR) is 108 cm³/mol. The monoisotopic (exact) mass is 396 g/mol. The van der Waals surface area contributed by atoms with Crippen LogP contribution in [0.5, 0.6) is 0 Å². The minimum atomic E-state index is -0.216. The van der Waals surface area contributed by atoms with Gasteiger partial charge >= 0.3 is 0 Å². The molecule has 27 heavy (non-hydrogen) atoms. The second-order valence-electron chi connectivity index (χ2n) is 6.55. The number of likely N-dealkylation sites (N-methyl/N-ethyl adjacent to an activating group) is 1. The van der Waals surface area contributed by atoms with Gasteiger partial charge in [0.15, 0.2) is 5.96 Å². The van der Waals surface area contributed by atoms with Gasteiger partial charge in [0.2, 0.25) is 5.91 Å². The van der Waals surface area contributed by atoms with Crippen LogP contribution >= 0.6 is 11.8 Å². The molecule has 8 heteroatoms. The van der Waals surface area contributed by atoms with E-state index >= 15 is 0 Å². The highest BCUT2D eigenvalue weighted by Gasteiger charge is 2.15. The molecule has 0 radical (unpaired) electrons. The summed E-state index contributed by atoms with van der Waals surface area (Å²) in [6.07, 6.45) is 3.26. The summed E-state index contributed by atoms with van der Waals surface area (Å²) < 4.78 is 18.5. The normalized spacial score (nSPS) is 17.0. The van der Waals surface area contributed by atoms with Gasteiger partial charge in [-0.15, -0.1) is 11.8 Å². The summed E-state index contributed by atoms with van der Waals surface area (Å²) in [7, 11) is 3.44. The average Bonchev–Trinajstić information content (AvgIpc) is 3.17. The maximum absolute atomic E-state index is 12.9. The molecule has 1 unspecified atom stereocenters. The Bertz CT molecular complexity index is 604. The van der Waals surface area contributed by atoms with Crippen LogP contribution in [0.4, 0.5) is 4.39 Å². The van der Waals surface area contributed by atoms with Crippen LogP contribution in [0.2, 0.25) is 0 Å². The van der Waals surface area contributed by atoms with Crippen LogP contribution in [0.1, 0.15) is 19.3 Å². The molecule has 6 nitrogen and oxygen atoms in total. The Morgan fingerprint density at radius 2 is 2.11 bits per heavy atom. The number of carbonyl (C=O) groups excluding carboxylic acids is 1. The van der Waals surface area contributed by atoms with Gasteiger partial charge in [-0.25, -0.2) is 9.38 Å². The van der Waals surface area contributed by atoms with E-state index in [9.17, 15) is 9.18 Å². The summed E-state index contributed by atoms with van der Waals surface area (Å²) in [4.78, 5) is 18.7. The fourth-order valence-electron chi connectivity index (χ4n) is 2.48. The third-order valence-corrected chi connectivity index (χ3v) is 5.19. The van der Waals surface area contributed by atoms with E-state index in [0.717, 1.165) is 43.1 Å². The van der Waals surface area contributed by atoms with Crippen molar-refractivity contribution in [1.82, 2.24) is 15.5 Å². The fourth-order valence-corrected chi connectivity index (χ4v) is 3.33. The number of rotatable bonds is 9. The summed E-state index contributed by atoms with van der Waals surface area (Å²) in [5.74, 6) is 1.29. The molecule has 1 fully saturated rings. The first kappa shape index (κ1) is 21.5. The molecule has 150 valence electrons. The summed E-state index contributed by atoms with van der Waals surface area (Å²) in [5.41, 5.74) is 0. The maximum atomic E-state index is 12.9. The van der Waals surface area contributed by atoms with E-state index in [0.29, 0.717) is 12.5 Å². The smallest absolute Gasteiger partial charge is 0.243 e. The Morgan fingerprint density at radius 3 is 2.78 bits per heavy atom. The predicted octanol–water partition coefficient (Wildman–Crippen LogP) is 2.11. The molecule has 1 aromatic rings. The quantitative estimate of drug-likeness (QED) is 0.290. The first-order chi connectivity index (χ1) is 13.0. The second kappa shape index (κ2) is 11.8. The van der Waals surface area contributed by atoms with Crippen molar-refractivity contribution in [3.8, 4) is 0 Å². The maximum Gasteiger partial charge on any atom is 0.243 e. The zero-order chi connectivity index (χ0) is 19.5. The molecule has 1 aliphatic heterocycles. The van der Waals surface area contributed by atoms with Gasteiger partial charge in [0.25, 0.3) is 0 Å². The Kier molecular flexibility index (Phi) is 9.41. The van der Waals surface area contributed by atoms with Crippen LogP contribution in [-0.4, -0.2) is 69.0 Å². The number of hydrogen-bond donors (Lipinski definition) is 2. The van der Waals surface area contributed by atoms with Crippen molar-refractivity contribution < 1.29 is 13.9 Å². The zero-order valence-electron chi connectivity index (χ0n) is 16.0. The van der Waals surface area contributed by atoms with E-state index in [1.165, 1.54) is 17.0 Å². The second-order valence-corrected chi connectivity index (χ2v) is 7.72. The first-order valence-electron chi connectivity index (χ1n) is 9.27. The lowest BCUT2D eigenvalue weighted by Crippen LogP contribution is -2.42. The van der Waals surface area contributed by atoms with E-state index in [1.807, 2.05) is 0 Å². The van der Waals surface area contributed by atoms with Crippen LogP contribution in [0.3, 0.4) is 0 Å². The number of carbonyl (C=O) groups is 1. The first-order valence-corrected chi connectivity index (χ1v) is 10.3. The number of benzene rings is 1. The Balaban J connectivity index is 1.73. The highest BCUT2D eigenvalue weighted by Crippen LogP contribution is 2.18. The number of nitrogens with one attached hydrogen (secondary N) is 2. The third kappa shape index (κ3) is 8.62. The zero-order valence-corrected chi connectivity index (χ0v) is 16.9. The number of halogens is 1. The summed E-state index contributed by atoms with van der Waals surface area (Å²) >= 11 is 1.69. The number of aliphatic imine (C=N–C) groups is 1. The summed E-state index contributed by atoms with van der Waals surface area (Å²) in [5, 5.41) is 6.54. The number of ether oxygens (including phenoxy) is 1. The fraction of sp³-hybridized carbons (Fsp3) is 0.579. The summed E-state index contributed by atoms with van der Waals surface area (Å²) in [6.45, 7) is 2.35. The van der Waals surface area contributed by atoms with Crippen molar-refractivity contribution in [3.05, 3.63) is 30.1 Å². The number of guanidine groups is 1. The van der Waals surface area contributed by atoms with Gasteiger partial charge in [0.1, 0.15) is 12.4 Å². The molecule has 0 aromatic heterocycles. The number of nitrogens with zero attached hydrogens (tertiary/aromatic N) is 2. The van der Waals surface area contributed by atoms with Gasteiger partial charge in [-0.1, -0.05) is 0 Å². The van der Waals surface area contributed by atoms with E-state index in [4.69, 9.17) is 4.74 Å². The Morgan fingerprint density at radius 1 is 1.33 bits per heavy atom. The SMILES string of the molecule is CN(C)C(=O)CN=C(NCCCSc1ccc(F)cc1)NCC1CCCO1. The van der Waals surface area contributed by atoms with Crippen molar-refractivity contribution in [3.63, 3.8) is 0 Å². The third-order valence-electron chi connectivity index (χ3n) is 4.09. The molecule has 1 aliphatic rings. The number of amides is 1. The van der Waals surface area contributed by atoms with Crippen molar-refractivity contribution in [2.24, 2.45) is 4.99 Å². The van der Waals surface area contributed by atoms with Crippen molar-refractivity contribution in [1.29, 1.82) is 0 Å². The van der Waals surface area contributed by atoms with Gasteiger partial charge in [-0.05, 0) is 49.3 Å². The summed E-state index contributed by atoms with van der Waals surface area (Å²) in [6, 6.07) is 6.52. The number of thioether (sulfide) groups is 1. The molecular weight excluding hydrogens is 367 g/mol. The highest BCUT2D eigenvalue weighted by atomic mass is 32.2. The molecule has 0 saturated carbocycles. The molecule has 1 atom stereocenters. The molecule has 0 bridgehead atoms. The van der Waals surface area contributed by atoms with Gasteiger partial charge in [0.05, 0.1) is 6.10 Å². The van der Waals surface area contributed by atoms with E-state index in [2.05, 4.69) is 15.6 Å². The number of hydrogen-bond acceptors (Lipinski definition) is 4. The van der Waals surface area contributed by atoms with E-state index in [1.54, 1.807) is 38.0 Å². The topological polar surface area (TPSA) is 66.0 Å². The standard InChI is InChI=1S/C19H29FN4O2S/c1-24(2)18(25)14-23-19(22-13-16-5-3-11-26-16)21-10-4-12-27-17-8-6-15(20)7-9-17/h6-9,16H,3-5,10-14H2,1-2H3,(H2,21,22,23). The largest absolute Gasteiger partial charge is 0.376 e. The minimum Gasteiger partial charge on any atom is -0.376 e. The van der Waals surface area contributed by atoms with E-state index < -0.39 is 0 Å². The van der Waals surface area contributed by atoms with Crippen molar-refractivity contribution in [2.75, 3.05) is 46.1 Å². The average molecular weight is 397 g/mol. The molecular formula is C19H29FN4O2S. The van der Waals surface area contributed by atoms with Crippen molar-refractivity contribution in [2.45, 2.75) is 30.3 Å². The highest BCUT2D eigenvalue weighted by molar-refractivity contribution is 7.99. The van der Waals surface area contributed by atoms with Crippen LogP contribution in [0.15, 0.2) is 34.2 Å². The molecule has 1 saturated heterocycles. The molecule has 2 N–H and O–H groups in total. The lowest BCUT2D eigenvalue weighted by atomic mass is 10.2. The van der Waals surface area contributed by atoms with Gasteiger partial charge < -0.3 is 20.3 Å². The molecule has 0 aliphatic carbocycles. The minimum absolute atomic E-state index is 0.0416. The molecule has 1 heterocycles. The molecule has 0 spiro atoms. The lowest BCUT2D eigenvalue weighted by molar-refractivity contribution is -0.127.